The summed E-state index contributed by atoms with van der Waals surface area (Å²) < 4.78 is 26.2. The van der Waals surface area contributed by atoms with Gasteiger partial charge in [0.05, 0.1) is 20.1 Å². The summed E-state index contributed by atoms with van der Waals surface area (Å²) in [7, 11) is 1.61. The molecule has 0 aliphatic heterocycles. The van der Waals surface area contributed by atoms with Crippen LogP contribution >= 0.6 is 0 Å². The highest BCUT2D eigenvalue weighted by molar-refractivity contribution is 5.88. The van der Waals surface area contributed by atoms with E-state index in [1.54, 1.807) is 20.1 Å². The lowest BCUT2D eigenvalue weighted by molar-refractivity contribution is -0.143. The van der Waals surface area contributed by atoms with E-state index in [0.717, 1.165) is 39.9 Å². The molecule has 1 heterocycles. The van der Waals surface area contributed by atoms with Gasteiger partial charge < -0.3 is 19.4 Å². The van der Waals surface area contributed by atoms with Crippen LogP contribution in [0.3, 0.4) is 0 Å². The van der Waals surface area contributed by atoms with E-state index < -0.39 is 0 Å². The molecule has 168 valence electrons. The van der Waals surface area contributed by atoms with Crippen molar-refractivity contribution in [2.75, 3.05) is 13.7 Å². The molecule has 32 heavy (non-hydrogen) atoms. The van der Waals surface area contributed by atoms with E-state index in [0.29, 0.717) is 19.4 Å². The summed E-state index contributed by atoms with van der Waals surface area (Å²) in [6.07, 6.45) is 2.33. The maximum absolute atomic E-state index is 14.0. The number of methoxy groups -OCH3 is 1. The van der Waals surface area contributed by atoms with Crippen molar-refractivity contribution >= 4 is 22.8 Å². The molecule has 0 unspecified atom stereocenters. The van der Waals surface area contributed by atoms with E-state index in [-0.39, 0.29) is 36.7 Å². The molecule has 1 amide bonds. The maximum Gasteiger partial charge on any atom is 0.325 e. The number of hydrogen-bond donors (Lipinski definition) is 1. The Morgan fingerprint density at radius 2 is 1.97 bits per heavy atom. The number of nitrogens with one attached hydrogen (secondary N) is 1. The third kappa shape index (κ3) is 4.61. The van der Waals surface area contributed by atoms with Crippen molar-refractivity contribution in [3.63, 3.8) is 0 Å². The highest BCUT2D eigenvalue weighted by atomic mass is 19.1. The van der Waals surface area contributed by atoms with Crippen LogP contribution in [0.5, 0.6) is 5.75 Å². The van der Waals surface area contributed by atoms with Gasteiger partial charge in [0, 0.05) is 22.6 Å². The third-order valence-electron chi connectivity index (χ3n) is 5.91. The molecule has 2 aromatic carbocycles. The third-order valence-corrected chi connectivity index (χ3v) is 5.91. The highest BCUT2D eigenvalue weighted by Gasteiger charge is 2.27. The van der Waals surface area contributed by atoms with Crippen LogP contribution in [0.1, 0.15) is 30.2 Å². The number of amides is 1. The minimum absolute atomic E-state index is 0.0434. The molecule has 1 aromatic heterocycles. The van der Waals surface area contributed by atoms with Crippen molar-refractivity contribution in [2.45, 2.75) is 45.2 Å². The predicted molar refractivity (Wildman–Crippen MR) is 119 cm³/mol. The fourth-order valence-corrected chi connectivity index (χ4v) is 4.47. The Hall–Kier alpha value is -3.35. The topological polar surface area (TPSA) is 69.6 Å². The number of rotatable bonds is 7. The zero-order valence-corrected chi connectivity index (χ0v) is 18.3. The molecule has 0 fully saturated rings. The number of halogens is 1. The Bertz CT molecular complexity index is 1140. The van der Waals surface area contributed by atoms with Gasteiger partial charge in [-0.1, -0.05) is 12.1 Å². The summed E-state index contributed by atoms with van der Waals surface area (Å²) in [6, 6.07) is 12.0. The Labute approximate surface area is 186 Å². The van der Waals surface area contributed by atoms with E-state index in [1.165, 1.54) is 12.1 Å². The van der Waals surface area contributed by atoms with Crippen LogP contribution in [0.25, 0.3) is 10.9 Å². The van der Waals surface area contributed by atoms with Gasteiger partial charge in [0.25, 0.3) is 0 Å². The predicted octanol–water partition coefficient (Wildman–Crippen LogP) is 3.57. The van der Waals surface area contributed by atoms with Crippen LogP contribution in [0.15, 0.2) is 42.5 Å². The molecule has 0 radical (unpaired) electrons. The molecule has 1 atom stereocenters. The second-order valence-electron chi connectivity index (χ2n) is 8.01. The molecule has 0 saturated heterocycles. The van der Waals surface area contributed by atoms with Crippen molar-refractivity contribution in [2.24, 2.45) is 0 Å². The second-order valence-corrected chi connectivity index (χ2v) is 8.01. The molecule has 0 saturated carbocycles. The first-order valence-electron chi connectivity index (χ1n) is 10.9. The van der Waals surface area contributed by atoms with Crippen molar-refractivity contribution in [1.29, 1.82) is 0 Å². The average Bonchev–Trinajstić information content (AvgIpc) is 3.06. The van der Waals surface area contributed by atoms with Crippen LogP contribution in [-0.2, 0) is 40.1 Å². The van der Waals surface area contributed by atoms with Crippen LogP contribution < -0.4 is 10.1 Å². The Morgan fingerprint density at radius 1 is 1.19 bits per heavy atom. The monoisotopic (exact) mass is 438 g/mol. The number of nitrogens with zero attached hydrogens (tertiary/aromatic N) is 1. The van der Waals surface area contributed by atoms with E-state index in [2.05, 4.69) is 5.32 Å². The summed E-state index contributed by atoms with van der Waals surface area (Å²) in [5, 5.41) is 3.91. The molecular weight excluding hydrogens is 411 g/mol. The molecule has 4 rings (SSSR count). The summed E-state index contributed by atoms with van der Waals surface area (Å²) in [4.78, 5) is 24.8. The Kier molecular flexibility index (Phi) is 6.44. The van der Waals surface area contributed by atoms with E-state index in [1.807, 2.05) is 28.8 Å². The maximum atomic E-state index is 14.0. The lowest BCUT2D eigenvalue weighted by Crippen LogP contribution is -2.39. The zero-order valence-electron chi connectivity index (χ0n) is 18.3. The van der Waals surface area contributed by atoms with Crippen molar-refractivity contribution in [3.8, 4) is 5.75 Å². The van der Waals surface area contributed by atoms with Crippen molar-refractivity contribution < 1.29 is 23.5 Å². The first-order chi connectivity index (χ1) is 15.5. The van der Waals surface area contributed by atoms with Gasteiger partial charge in [0.2, 0.25) is 5.91 Å². The lowest BCUT2D eigenvalue weighted by Gasteiger charge is -2.25. The zero-order chi connectivity index (χ0) is 22.7. The fraction of sp³-hybridized carbons (Fsp3) is 0.360. The fourth-order valence-electron chi connectivity index (χ4n) is 4.47. The van der Waals surface area contributed by atoms with Crippen molar-refractivity contribution in [3.05, 3.63) is 65.1 Å². The number of aromatic nitrogens is 1. The standard InChI is InChI=1S/C25H27FN2O4/c1-3-32-25(30)15-28-22-10-6-17(26)13-20(22)21-14-18(7-11-23(21)28)27-24(29)12-16-4-8-19(31-2)9-5-16/h4-6,8-10,13,18H,3,7,11-12,14-15H2,1-2H3,(H,27,29)/t18-/m0/s1. The first kappa shape index (κ1) is 21.9. The summed E-state index contributed by atoms with van der Waals surface area (Å²) in [5.74, 6) is 0.0659. The van der Waals surface area contributed by atoms with Gasteiger partial charge in [0.15, 0.2) is 0 Å². The van der Waals surface area contributed by atoms with Gasteiger partial charge in [0.1, 0.15) is 18.1 Å². The normalized spacial score (nSPS) is 15.3. The van der Waals surface area contributed by atoms with Gasteiger partial charge in [-0.05, 0) is 67.6 Å². The Morgan fingerprint density at radius 3 is 2.69 bits per heavy atom. The summed E-state index contributed by atoms with van der Waals surface area (Å²) >= 11 is 0. The summed E-state index contributed by atoms with van der Waals surface area (Å²) in [5.41, 5.74) is 3.73. The number of fused-ring (bicyclic) bond motifs is 3. The molecule has 7 heteroatoms. The molecule has 0 bridgehead atoms. The lowest BCUT2D eigenvalue weighted by atomic mass is 9.91. The number of hydrogen-bond acceptors (Lipinski definition) is 4. The van der Waals surface area contributed by atoms with Gasteiger partial charge >= 0.3 is 5.97 Å². The van der Waals surface area contributed by atoms with Crippen LogP contribution in [-0.4, -0.2) is 36.2 Å². The van der Waals surface area contributed by atoms with Gasteiger partial charge in [-0.3, -0.25) is 9.59 Å². The number of carbonyl (C=O) groups is 2. The number of carbonyl (C=O) groups excluding carboxylic acids is 2. The van der Waals surface area contributed by atoms with Crippen LogP contribution in [0, 0.1) is 5.82 Å². The molecule has 1 aliphatic rings. The molecule has 1 aliphatic carbocycles. The number of benzene rings is 2. The largest absolute Gasteiger partial charge is 0.497 e. The number of esters is 1. The van der Waals surface area contributed by atoms with E-state index >= 15 is 0 Å². The quantitative estimate of drug-likeness (QED) is 0.573. The van der Waals surface area contributed by atoms with E-state index in [4.69, 9.17) is 9.47 Å². The molecule has 1 N–H and O–H groups in total. The first-order valence-corrected chi connectivity index (χ1v) is 10.9. The van der Waals surface area contributed by atoms with Gasteiger partial charge in [-0.15, -0.1) is 0 Å². The number of ether oxygens (including phenoxy) is 2. The van der Waals surface area contributed by atoms with Crippen LogP contribution in [0.4, 0.5) is 4.39 Å². The van der Waals surface area contributed by atoms with Gasteiger partial charge in [-0.2, -0.15) is 0 Å². The van der Waals surface area contributed by atoms with Gasteiger partial charge in [-0.25, -0.2) is 4.39 Å². The van der Waals surface area contributed by atoms with E-state index in [9.17, 15) is 14.0 Å². The Balaban J connectivity index is 1.52. The average molecular weight is 438 g/mol. The minimum atomic E-state index is -0.320. The molecule has 3 aromatic rings. The summed E-state index contributed by atoms with van der Waals surface area (Å²) in [6.45, 7) is 2.19. The highest BCUT2D eigenvalue weighted by Crippen LogP contribution is 2.33. The second kappa shape index (κ2) is 9.42. The minimum Gasteiger partial charge on any atom is -0.497 e. The SMILES string of the molecule is CCOC(=O)Cn1c2c(c3cc(F)ccc31)C[C@@H](NC(=O)Cc1ccc(OC)cc1)CC2. The molecular formula is C25H27FN2O4. The smallest absolute Gasteiger partial charge is 0.325 e. The van der Waals surface area contributed by atoms with Crippen LogP contribution in [0.2, 0.25) is 0 Å². The van der Waals surface area contributed by atoms with Crippen molar-refractivity contribution in [1.82, 2.24) is 9.88 Å². The molecule has 6 nitrogen and oxygen atoms in total. The molecule has 0 spiro atoms.